The highest BCUT2D eigenvalue weighted by molar-refractivity contribution is 7.80. The van der Waals surface area contributed by atoms with Crippen molar-refractivity contribution in [1.82, 2.24) is 10.2 Å². The van der Waals surface area contributed by atoms with Gasteiger partial charge < -0.3 is 10.6 Å². The van der Waals surface area contributed by atoms with E-state index in [9.17, 15) is 0 Å². The fourth-order valence-electron chi connectivity index (χ4n) is 2.75. The number of thiocarbonyl (C=S) groups is 1. The van der Waals surface area contributed by atoms with Crippen molar-refractivity contribution in [3.63, 3.8) is 0 Å². The summed E-state index contributed by atoms with van der Waals surface area (Å²) in [5, 5.41) is 7.94. The van der Waals surface area contributed by atoms with E-state index in [1.807, 2.05) is 25.1 Å². The lowest BCUT2D eigenvalue weighted by atomic mass is 9.98. The van der Waals surface area contributed by atoms with Crippen molar-refractivity contribution in [2.75, 3.05) is 25.0 Å². The minimum absolute atomic E-state index is 0.108. The highest BCUT2D eigenvalue weighted by atomic mass is 35.5. The summed E-state index contributed by atoms with van der Waals surface area (Å²) < 4.78 is 0. The number of aryl methyl sites for hydroxylation is 1. The summed E-state index contributed by atoms with van der Waals surface area (Å²) in [6.45, 7) is 9.74. The molecule has 1 aliphatic rings. The number of hydrogen-bond donors (Lipinski definition) is 2. The van der Waals surface area contributed by atoms with Gasteiger partial charge in [-0.3, -0.25) is 4.90 Å². The highest BCUT2D eigenvalue weighted by Crippen LogP contribution is 2.21. The largest absolute Gasteiger partial charge is 0.361 e. The van der Waals surface area contributed by atoms with Crippen molar-refractivity contribution < 1.29 is 0 Å². The normalized spacial score (nSPS) is 16.4. The third-order valence-electron chi connectivity index (χ3n) is 4.32. The van der Waals surface area contributed by atoms with Crippen molar-refractivity contribution in [2.45, 2.75) is 45.6 Å². The topological polar surface area (TPSA) is 27.3 Å². The second-order valence-electron chi connectivity index (χ2n) is 6.63. The van der Waals surface area contributed by atoms with E-state index >= 15 is 0 Å². The number of anilines is 1. The molecule has 1 saturated heterocycles. The van der Waals surface area contributed by atoms with Gasteiger partial charge in [0.2, 0.25) is 0 Å². The Morgan fingerprint density at radius 1 is 1.27 bits per heavy atom. The Morgan fingerprint density at radius 2 is 1.95 bits per heavy atom. The fourth-order valence-corrected chi connectivity index (χ4v) is 3.12. The first-order valence-corrected chi connectivity index (χ1v) is 8.73. The first kappa shape index (κ1) is 17.5. The average Bonchev–Trinajstić information content (AvgIpc) is 2.50. The van der Waals surface area contributed by atoms with Gasteiger partial charge in [-0.15, -0.1) is 0 Å². The van der Waals surface area contributed by atoms with Crippen LogP contribution in [0.3, 0.4) is 0 Å². The molecule has 0 atom stereocenters. The van der Waals surface area contributed by atoms with Crippen LogP contribution < -0.4 is 10.6 Å². The van der Waals surface area contributed by atoms with Gasteiger partial charge in [-0.05, 0) is 76.6 Å². The van der Waals surface area contributed by atoms with Gasteiger partial charge in [-0.1, -0.05) is 24.1 Å². The standard InChI is InChI=1S/C17H26ClN3S/c1-13-7-8-14(11-15(13)18)20-16(22)19-12-17(2,3)21-9-5-4-6-10-21/h7-8,11H,4-6,9-10,12H2,1-3H3,(H2,19,20,22). The van der Waals surface area contributed by atoms with Crippen LogP contribution in [0.4, 0.5) is 5.69 Å². The number of nitrogens with zero attached hydrogens (tertiary/aromatic N) is 1. The number of rotatable bonds is 4. The number of piperidine rings is 1. The van der Waals surface area contributed by atoms with Gasteiger partial charge in [-0.25, -0.2) is 0 Å². The molecule has 0 bridgehead atoms. The molecule has 0 saturated carbocycles. The molecule has 0 aliphatic carbocycles. The van der Waals surface area contributed by atoms with Crippen molar-refractivity contribution in [2.24, 2.45) is 0 Å². The van der Waals surface area contributed by atoms with E-state index in [-0.39, 0.29) is 5.54 Å². The van der Waals surface area contributed by atoms with Gasteiger partial charge in [-0.2, -0.15) is 0 Å². The summed E-state index contributed by atoms with van der Waals surface area (Å²) in [4.78, 5) is 2.55. The summed E-state index contributed by atoms with van der Waals surface area (Å²) in [7, 11) is 0. The summed E-state index contributed by atoms with van der Waals surface area (Å²) in [5.41, 5.74) is 2.10. The lowest BCUT2D eigenvalue weighted by molar-refractivity contribution is 0.0986. The SMILES string of the molecule is Cc1ccc(NC(=S)NCC(C)(C)N2CCCCC2)cc1Cl. The maximum atomic E-state index is 6.14. The molecule has 0 spiro atoms. The van der Waals surface area contributed by atoms with E-state index in [1.165, 1.54) is 32.4 Å². The van der Waals surface area contributed by atoms with E-state index in [0.717, 1.165) is 22.8 Å². The summed E-state index contributed by atoms with van der Waals surface area (Å²) >= 11 is 11.5. The molecule has 0 amide bonds. The average molecular weight is 340 g/mol. The molecule has 3 nitrogen and oxygen atoms in total. The number of benzene rings is 1. The second kappa shape index (κ2) is 7.62. The van der Waals surface area contributed by atoms with Gasteiger partial charge in [0.05, 0.1) is 0 Å². The Labute approximate surface area is 144 Å². The van der Waals surface area contributed by atoms with Crippen LogP contribution in [0.2, 0.25) is 5.02 Å². The maximum absolute atomic E-state index is 6.14. The van der Waals surface area contributed by atoms with Gasteiger partial charge in [0.25, 0.3) is 0 Å². The third-order valence-corrected chi connectivity index (χ3v) is 4.98. The Bertz CT molecular complexity index is 525. The molecule has 1 aliphatic heterocycles. The number of hydrogen-bond acceptors (Lipinski definition) is 2. The van der Waals surface area contributed by atoms with Crippen LogP contribution in [0.5, 0.6) is 0 Å². The van der Waals surface area contributed by atoms with Crippen LogP contribution in [-0.4, -0.2) is 35.2 Å². The van der Waals surface area contributed by atoms with Crippen LogP contribution in [0.25, 0.3) is 0 Å². The van der Waals surface area contributed by atoms with Crippen molar-refractivity contribution >= 4 is 34.6 Å². The zero-order chi connectivity index (χ0) is 16.2. The molecule has 2 rings (SSSR count). The monoisotopic (exact) mass is 339 g/mol. The maximum Gasteiger partial charge on any atom is 0.170 e. The minimum Gasteiger partial charge on any atom is -0.361 e. The lowest BCUT2D eigenvalue weighted by Gasteiger charge is -2.41. The van der Waals surface area contributed by atoms with Crippen molar-refractivity contribution in [3.8, 4) is 0 Å². The zero-order valence-electron chi connectivity index (χ0n) is 13.7. The number of likely N-dealkylation sites (tertiary alicyclic amines) is 1. The molecule has 122 valence electrons. The van der Waals surface area contributed by atoms with Gasteiger partial charge >= 0.3 is 0 Å². The van der Waals surface area contributed by atoms with Crippen LogP contribution >= 0.6 is 23.8 Å². The Hall–Kier alpha value is -0.840. The number of halogens is 1. The van der Waals surface area contributed by atoms with E-state index in [4.69, 9.17) is 23.8 Å². The molecule has 0 aromatic heterocycles. The summed E-state index contributed by atoms with van der Waals surface area (Å²) in [6, 6.07) is 5.89. The van der Waals surface area contributed by atoms with Gasteiger partial charge in [0, 0.05) is 22.8 Å². The summed E-state index contributed by atoms with van der Waals surface area (Å²) in [5.74, 6) is 0. The summed E-state index contributed by atoms with van der Waals surface area (Å²) in [6.07, 6.45) is 3.95. The molecule has 22 heavy (non-hydrogen) atoms. The van der Waals surface area contributed by atoms with Gasteiger partial charge in [0.15, 0.2) is 5.11 Å². The Kier molecular flexibility index (Phi) is 6.07. The predicted molar refractivity (Wildman–Crippen MR) is 99.9 cm³/mol. The third kappa shape index (κ3) is 4.83. The first-order valence-electron chi connectivity index (χ1n) is 7.94. The molecule has 1 aromatic carbocycles. The van der Waals surface area contributed by atoms with Crippen molar-refractivity contribution in [1.29, 1.82) is 0 Å². The second-order valence-corrected chi connectivity index (χ2v) is 7.45. The predicted octanol–water partition coefficient (Wildman–Crippen LogP) is 4.20. The van der Waals surface area contributed by atoms with E-state index in [2.05, 4.69) is 29.4 Å². The van der Waals surface area contributed by atoms with Crippen LogP contribution in [0.1, 0.15) is 38.7 Å². The van der Waals surface area contributed by atoms with E-state index < -0.39 is 0 Å². The van der Waals surface area contributed by atoms with Crippen molar-refractivity contribution in [3.05, 3.63) is 28.8 Å². The Morgan fingerprint density at radius 3 is 2.59 bits per heavy atom. The van der Waals surface area contributed by atoms with E-state index in [1.54, 1.807) is 0 Å². The molecule has 1 aromatic rings. The smallest absolute Gasteiger partial charge is 0.170 e. The van der Waals surface area contributed by atoms with Crippen LogP contribution in [-0.2, 0) is 0 Å². The van der Waals surface area contributed by atoms with Gasteiger partial charge in [0.1, 0.15) is 0 Å². The lowest BCUT2D eigenvalue weighted by Crippen LogP contribution is -2.53. The molecule has 0 radical (unpaired) electrons. The highest BCUT2D eigenvalue weighted by Gasteiger charge is 2.27. The fraction of sp³-hybridized carbons (Fsp3) is 0.588. The molecule has 5 heteroatoms. The quantitative estimate of drug-likeness (QED) is 0.804. The molecule has 0 unspecified atom stereocenters. The Balaban J connectivity index is 1.84. The minimum atomic E-state index is 0.108. The molecule has 1 heterocycles. The molecule has 1 fully saturated rings. The number of nitrogens with one attached hydrogen (secondary N) is 2. The molecule has 2 N–H and O–H groups in total. The molecular weight excluding hydrogens is 314 g/mol. The van der Waals surface area contributed by atoms with Crippen LogP contribution in [0.15, 0.2) is 18.2 Å². The first-order chi connectivity index (χ1) is 10.4. The van der Waals surface area contributed by atoms with E-state index in [0.29, 0.717) is 5.11 Å². The molecular formula is C17H26ClN3S. The van der Waals surface area contributed by atoms with Crippen LogP contribution in [0, 0.1) is 6.92 Å². The zero-order valence-corrected chi connectivity index (χ0v) is 15.3.